The number of hydrogen-bond acceptors (Lipinski definition) is 6. The summed E-state index contributed by atoms with van der Waals surface area (Å²) in [4.78, 5) is 25.0. The number of carbonyl (C=O) groups is 2. The zero-order chi connectivity index (χ0) is 20.3. The summed E-state index contributed by atoms with van der Waals surface area (Å²) in [7, 11) is 0. The summed E-state index contributed by atoms with van der Waals surface area (Å²) in [6, 6.07) is 14.1. The Balaban J connectivity index is 1.83. The van der Waals surface area contributed by atoms with Gasteiger partial charge in [-0.05, 0) is 30.3 Å². The van der Waals surface area contributed by atoms with Crippen LogP contribution in [0.2, 0.25) is 0 Å². The van der Waals surface area contributed by atoms with Crippen LogP contribution in [0.1, 0.15) is 50.8 Å². The smallest absolute Gasteiger partial charge is 0.340 e. The van der Waals surface area contributed by atoms with Gasteiger partial charge in [0.2, 0.25) is 0 Å². The van der Waals surface area contributed by atoms with Gasteiger partial charge in [-0.15, -0.1) is 0 Å². The summed E-state index contributed by atoms with van der Waals surface area (Å²) in [5.74, 6) is 0.0108. The van der Waals surface area contributed by atoms with E-state index in [1.165, 1.54) is 24.3 Å². The van der Waals surface area contributed by atoms with Crippen molar-refractivity contribution >= 4 is 11.8 Å². The van der Waals surface area contributed by atoms with Crippen molar-refractivity contribution in [3.8, 4) is 23.0 Å². The zero-order valence-electron chi connectivity index (χ0n) is 15.4. The lowest BCUT2D eigenvalue weighted by molar-refractivity contribution is 0.0224. The van der Waals surface area contributed by atoms with Gasteiger partial charge >= 0.3 is 5.97 Å². The number of phenolic OH excluding ortho intramolecular Hbond substituents is 2. The molecule has 6 nitrogen and oxygen atoms in total. The number of aromatic hydroxyl groups is 2. The monoisotopic (exact) mass is 388 g/mol. The maximum absolute atomic E-state index is 12.9. The van der Waals surface area contributed by atoms with E-state index in [2.05, 4.69) is 0 Å². The number of benzene rings is 3. The topological polar surface area (TPSA) is 93.1 Å². The van der Waals surface area contributed by atoms with Crippen molar-refractivity contribution < 1.29 is 29.3 Å². The quantitative estimate of drug-likeness (QED) is 0.503. The van der Waals surface area contributed by atoms with Gasteiger partial charge in [-0.25, -0.2) is 4.79 Å². The second-order valence-electron chi connectivity index (χ2n) is 7.07. The third-order valence-corrected chi connectivity index (χ3v) is 5.42. The summed E-state index contributed by atoms with van der Waals surface area (Å²) >= 11 is 0. The number of fused-ring (bicyclic) bond motifs is 6. The normalized spacial score (nSPS) is 15.1. The predicted molar refractivity (Wildman–Crippen MR) is 103 cm³/mol. The molecule has 0 saturated carbocycles. The van der Waals surface area contributed by atoms with Crippen LogP contribution < -0.4 is 4.74 Å². The summed E-state index contributed by atoms with van der Waals surface area (Å²) in [6.07, 6.45) is 0.330. The van der Waals surface area contributed by atoms with Crippen molar-refractivity contribution in [2.45, 2.75) is 18.9 Å². The lowest BCUT2D eigenvalue weighted by Gasteiger charge is -2.36. The van der Waals surface area contributed by atoms with Crippen molar-refractivity contribution in [1.82, 2.24) is 0 Å². The summed E-state index contributed by atoms with van der Waals surface area (Å²) in [6.45, 7) is 1.76. The Kier molecular flexibility index (Phi) is 3.49. The van der Waals surface area contributed by atoms with E-state index in [0.29, 0.717) is 45.7 Å². The van der Waals surface area contributed by atoms with Gasteiger partial charge in [0.15, 0.2) is 11.4 Å². The first-order valence-electron chi connectivity index (χ1n) is 9.20. The van der Waals surface area contributed by atoms with Gasteiger partial charge in [0, 0.05) is 40.8 Å². The van der Waals surface area contributed by atoms with Crippen LogP contribution in [0.5, 0.6) is 23.0 Å². The van der Waals surface area contributed by atoms with Gasteiger partial charge in [-0.3, -0.25) is 4.79 Å². The van der Waals surface area contributed by atoms with E-state index in [1.54, 1.807) is 37.3 Å². The number of carbonyl (C=O) groups excluding carboxylic acids is 2. The van der Waals surface area contributed by atoms with Crippen LogP contribution in [0.15, 0.2) is 54.6 Å². The highest BCUT2D eigenvalue weighted by molar-refractivity contribution is 6.02. The average molecular weight is 388 g/mol. The van der Waals surface area contributed by atoms with Crippen molar-refractivity contribution in [3.63, 3.8) is 0 Å². The average Bonchev–Trinajstić information content (AvgIpc) is 2.99. The second-order valence-corrected chi connectivity index (χ2v) is 7.07. The number of ether oxygens (including phenoxy) is 2. The standard InChI is InChI=1S/C23H16O6/c1-2-19(26)12-3-6-16-15(9-12)22(27)29-23(16)17-7-4-13(24)10-20(17)28-21-11-14(25)5-8-18(21)23/h3-11,24-25H,2H2,1H3. The Hall–Kier alpha value is -3.80. The van der Waals surface area contributed by atoms with Crippen molar-refractivity contribution in [2.24, 2.45) is 0 Å². The van der Waals surface area contributed by atoms with Crippen LogP contribution in [-0.4, -0.2) is 22.0 Å². The molecule has 6 heteroatoms. The fraction of sp³-hybridized carbons (Fsp3) is 0.130. The number of esters is 1. The van der Waals surface area contributed by atoms with Crippen molar-refractivity contribution in [2.75, 3.05) is 0 Å². The van der Waals surface area contributed by atoms with E-state index in [4.69, 9.17) is 9.47 Å². The molecule has 0 radical (unpaired) electrons. The van der Waals surface area contributed by atoms with Gasteiger partial charge in [-0.1, -0.05) is 19.1 Å². The molecule has 3 aromatic carbocycles. The lowest BCUT2D eigenvalue weighted by atomic mass is 9.77. The zero-order valence-corrected chi connectivity index (χ0v) is 15.4. The number of phenols is 2. The number of hydrogen-bond donors (Lipinski definition) is 2. The SMILES string of the molecule is CCC(=O)c1ccc2c(c1)C(=O)OC21c2ccc(O)cc2Oc2cc(O)ccc21. The summed E-state index contributed by atoms with van der Waals surface area (Å²) < 4.78 is 11.9. The largest absolute Gasteiger partial charge is 0.508 e. The van der Waals surface area contributed by atoms with Crippen LogP contribution >= 0.6 is 0 Å². The number of ketones is 1. The third-order valence-electron chi connectivity index (χ3n) is 5.42. The van der Waals surface area contributed by atoms with Crippen LogP contribution in [-0.2, 0) is 10.3 Å². The Morgan fingerprint density at radius 3 is 2.07 bits per heavy atom. The molecule has 0 bridgehead atoms. The Morgan fingerprint density at radius 1 is 0.897 bits per heavy atom. The van der Waals surface area contributed by atoms with E-state index >= 15 is 0 Å². The first kappa shape index (κ1) is 17.3. The molecule has 2 aliphatic heterocycles. The minimum absolute atomic E-state index is 0.00376. The third kappa shape index (κ3) is 2.29. The Morgan fingerprint density at radius 2 is 1.48 bits per heavy atom. The summed E-state index contributed by atoms with van der Waals surface area (Å²) in [5.41, 5.74) is 1.14. The molecule has 2 heterocycles. The number of rotatable bonds is 2. The molecular formula is C23H16O6. The highest BCUT2D eigenvalue weighted by atomic mass is 16.6. The van der Waals surface area contributed by atoms with E-state index < -0.39 is 11.6 Å². The highest BCUT2D eigenvalue weighted by Gasteiger charge is 2.53. The molecule has 144 valence electrons. The number of Topliss-reactive ketones (excluding diaryl/α,β-unsaturated/α-hetero) is 1. The Labute approximate surface area is 165 Å². The molecule has 0 amide bonds. The van der Waals surface area contributed by atoms with Gasteiger partial charge < -0.3 is 19.7 Å². The molecule has 5 rings (SSSR count). The van der Waals surface area contributed by atoms with Gasteiger partial charge in [0.25, 0.3) is 0 Å². The van der Waals surface area contributed by atoms with Gasteiger partial charge in [0.05, 0.1) is 5.56 Å². The van der Waals surface area contributed by atoms with Gasteiger partial charge in [0.1, 0.15) is 23.0 Å². The van der Waals surface area contributed by atoms with Crippen LogP contribution in [0, 0.1) is 0 Å². The summed E-state index contributed by atoms with van der Waals surface area (Å²) in [5, 5.41) is 19.8. The lowest BCUT2D eigenvalue weighted by Crippen LogP contribution is -2.32. The first-order valence-corrected chi connectivity index (χ1v) is 9.20. The van der Waals surface area contributed by atoms with Crippen LogP contribution in [0.4, 0.5) is 0 Å². The maximum atomic E-state index is 12.9. The molecule has 0 aromatic heterocycles. The molecule has 2 N–H and O–H groups in total. The van der Waals surface area contributed by atoms with Gasteiger partial charge in [-0.2, -0.15) is 0 Å². The predicted octanol–water partition coefficient (Wildman–Crippen LogP) is 4.26. The molecule has 0 unspecified atom stereocenters. The van der Waals surface area contributed by atoms with Crippen molar-refractivity contribution in [1.29, 1.82) is 0 Å². The molecule has 29 heavy (non-hydrogen) atoms. The van der Waals surface area contributed by atoms with E-state index in [-0.39, 0.29) is 17.3 Å². The molecule has 1 spiro atoms. The fourth-order valence-corrected chi connectivity index (χ4v) is 4.08. The molecule has 0 fully saturated rings. The first-order chi connectivity index (χ1) is 13.9. The molecule has 0 aliphatic carbocycles. The van der Waals surface area contributed by atoms with E-state index in [1.807, 2.05) is 0 Å². The highest BCUT2D eigenvalue weighted by Crippen LogP contribution is 2.57. The molecule has 0 saturated heterocycles. The van der Waals surface area contributed by atoms with Crippen LogP contribution in [0.25, 0.3) is 0 Å². The van der Waals surface area contributed by atoms with E-state index in [0.717, 1.165) is 0 Å². The van der Waals surface area contributed by atoms with Crippen molar-refractivity contribution in [3.05, 3.63) is 82.4 Å². The van der Waals surface area contributed by atoms with Crippen LogP contribution in [0.3, 0.4) is 0 Å². The second kappa shape index (κ2) is 5.85. The molecule has 0 atom stereocenters. The molecular weight excluding hydrogens is 372 g/mol. The fourth-order valence-electron chi connectivity index (χ4n) is 4.08. The minimum atomic E-state index is -1.30. The maximum Gasteiger partial charge on any atom is 0.340 e. The Bertz CT molecular complexity index is 1160. The van der Waals surface area contributed by atoms with E-state index in [9.17, 15) is 19.8 Å². The molecule has 2 aliphatic rings. The minimum Gasteiger partial charge on any atom is -0.508 e. The molecule has 3 aromatic rings.